The molecule has 0 aliphatic carbocycles. The van der Waals surface area contributed by atoms with Crippen molar-refractivity contribution in [2.24, 2.45) is 0 Å². The molecule has 0 saturated carbocycles. The van der Waals surface area contributed by atoms with Crippen molar-refractivity contribution in [3.63, 3.8) is 0 Å². The number of nitrogens with zero attached hydrogens (tertiary/aromatic N) is 2. The Morgan fingerprint density at radius 2 is 1.56 bits per heavy atom. The number of aromatic nitrogens is 2. The van der Waals surface area contributed by atoms with Gasteiger partial charge in [0.2, 0.25) is 0 Å². The van der Waals surface area contributed by atoms with E-state index >= 15 is 0 Å². The van der Waals surface area contributed by atoms with Crippen LogP contribution >= 0.6 is 0 Å². The minimum Gasteiger partial charge on any atom is -0.497 e. The van der Waals surface area contributed by atoms with Gasteiger partial charge in [-0.2, -0.15) is 0 Å². The van der Waals surface area contributed by atoms with Gasteiger partial charge < -0.3 is 14.8 Å². The normalized spacial score (nSPS) is 10.4. The summed E-state index contributed by atoms with van der Waals surface area (Å²) in [6.07, 6.45) is 0. The van der Waals surface area contributed by atoms with E-state index in [9.17, 15) is 4.79 Å². The molecule has 0 radical (unpaired) electrons. The van der Waals surface area contributed by atoms with Crippen molar-refractivity contribution in [3.05, 3.63) is 90.5 Å². The molecule has 0 fully saturated rings. The van der Waals surface area contributed by atoms with Gasteiger partial charge in [-0.25, -0.2) is 4.79 Å². The third kappa shape index (κ3) is 4.44. The number of methoxy groups -OCH3 is 1. The van der Waals surface area contributed by atoms with E-state index in [1.807, 2.05) is 84.9 Å². The molecule has 0 saturated heterocycles. The Kier molecular flexibility index (Phi) is 6.41. The van der Waals surface area contributed by atoms with Gasteiger partial charge in [-0.15, -0.1) is 10.2 Å². The molecule has 6 nitrogen and oxygen atoms in total. The molecule has 4 rings (SSSR count). The summed E-state index contributed by atoms with van der Waals surface area (Å²) in [6, 6.07) is 26.7. The zero-order valence-corrected chi connectivity index (χ0v) is 17.9. The van der Waals surface area contributed by atoms with Crippen molar-refractivity contribution < 1.29 is 14.3 Å². The highest BCUT2D eigenvalue weighted by molar-refractivity contribution is 6.05. The first-order valence-corrected chi connectivity index (χ1v) is 10.3. The Bertz CT molecular complexity index is 1210. The Morgan fingerprint density at radius 1 is 0.875 bits per heavy atom. The molecule has 1 aromatic heterocycles. The average Bonchev–Trinajstić information content (AvgIpc) is 2.85. The van der Waals surface area contributed by atoms with E-state index in [-0.39, 0.29) is 6.61 Å². The minimum absolute atomic E-state index is 0.245. The number of benzene rings is 3. The molecule has 160 valence electrons. The molecule has 0 atom stereocenters. The molecule has 6 heteroatoms. The second-order valence-electron chi connectivity index (χ2n) is 6.96. The molecule has 1 N–H and O–H groups in total. The Balaban J connectivity index is 1.95. The zero-order chi connectivity index (χ0) is 22.3. The fourth-order valence-corrected chi connectivity index (χ4v) is 3.45. The fourth-order valence-electron chi connectivity index (χ4n) is 3.45. The Labute approximate surface area is 186 Å². The molecular weight excluding hydrogens is 402 g/mol. The second-order valence-corrected chi connectivity index (χ2v) is 6.96. The van der Waals surface area contributed by atoms with Crippen LogP contribution in [-0.4, -0.2) is 29.9 Å². The van der Waals surface area contributed by atoms with Gasteiger partial charge >= 0.3 is 5.97 Å². The second kappa shape index (κ2) is 9.75. The minimum atomic E-state index is -0.469. The lowest BCUT2D eigenvalue weighted by Crippen LogP contribution is -2.13. The molecule has 0 spiro atoms. The average molecular weight is 425 g/mol. The predicted molar refractivity (Wildman–Crippen MR) is 125 cm³/mol. The molecule has 0 unspecified atom stereocenters. The summed E-state index contributed by atoms with van der Waals surface area (Å²) in [5.74, 6) is 0.531. The van der Waals surface area contributed by atoms with Gasteiger partial charge in [-0.3, -0.25) is 0 Å². The lowest BCUT2D eigenvalue weighted by Gasteiger charge is -2.17. The van der Waals surface area contributed by atoms with Crippen LogP contribution in [0, 0.1) is 0 Å². The maximum absolute atomic E-state index is 13.2. The van der Waals surface area contributed by atoms with E-state index in [0.717, 1.165) is 16.8 Å². The number of esters is 1. The van der Waals surface area contributed by atoms with Crippen LogP contribution in [0.25, 0.3) is 22.4 Å². The number of rotatable bonds is 7. The molecule has 0 amide bonds. The molecule has 32 heavy (non-hydrogen) atoms. The van der Waals surface area contributed by atoms with Crippen molar-refractivity contribution in [3.8, 4) is 28.1 Å². The highest BCUT2D eigenvalue weighted by Gasteiger charge is 2.25. The third-order valence-corrected chi connectivity index (χ3v) is 4.90. The first-order valence-electron chi connectivity index (χ1n) is 10.3. The first-order chi connectivity index (χ1) is 15.7. The maximum Gasteiger partial charge on any atom is 0.342 e. The lowest BCUT2D eigenvalue weighted by atomic mass is 9.95. The monoisotopic (exact) mass is 425 g/mol. The number of nitrogens with one attached hydrogen (secondary N) is 1. The maximum atomic E-state index is 13.2. The van der Waals surface area contributed by atoms with Crippen LogP contribution in [0.3, 0.4) is 0 Å². The molecule has 0 aliphatic heterocycles. The standard InChI is InChI=1S/C26H23N3O3/c1-3-32-26(30)23-22(18-11-6-4-7-12-18)24(19-13-8-5-9-14-19)28-29-25(23)27-20-15-10-16-21(17-20)31-2/h4-17H,3H2,1-2H3,(H,27,29). The molecule has 1 heterocycles. The number of carbonyl (C=O) groups excluding carboxylic acids is 1. The van der Waals surface area contributed by atoms with E-state index in [4.69, 9.17) is 9.47 Å². The summed E-state index contributed by atoms with van der Waals surface area (Å²) < 4.78 is 10.7. The smallest absolute Gasteiger partial charge is 0.342 e. The Hall–Kier alpha value is -4.19. The van der Waals surface area contributed by atoms with Gasteiger partial charge in [0.1, 0.15) is 17.0 Å². The quantitative estimate of drug-likeness (QED) is 0.381. The largest absolute Gasteiger partial charge is 0.497 e. The summed E-state index contributed by atoms with van der Waals surface area (Å²) in [4.78, 5) is 13.2. The first kappa shape index (κ1) is 21.1. The van der Waals surface area contributed by atoms with Gasteiger partial charge in [0.25, 0.3) is 0 Å². The van der Waals surface area contributed by atoms with Crippen LogP contribution in [-0.2, 0) is 4.74 Å². The third-order valence-electron chi connectivity index (χ3n) is 4.90. The van der Waals surface area contributed by atoms with E-state index in [0.29, 0.717) is 28.4 Å². The van der Waals surface area contributed by atoms with Crippen LogP contribution in [0.15, 0.2) is 84.9 Å². The van der Waals surface area contributed by atoms with Gasteiger partial charge in [0.05, 0.1) is 13.7 Å². The summed E-state index contributed by atoms with van der Waals surface area (Å²) in [7, 11) is 1.60. The van der Waals surface area contributed by atoms with Gasteiger partial charge in [0.15, 0.2) is 5.82 Å². The van der Waals surface area contributed by atoms with Crippen LogP contribution < -0.4 is 10.1 Å². The highest BCUT2D eigenvalue weighted by atomic mass is 16.5. The number of ether oxygens (including phenoxy) is 2. The van der Waals surface area contributed by atoms with E-state index in [1.165, 1.54) is 0 Å². The van der Waals surface area contributed by atoms with Crippen LogP contribution in [0.2, 0.25) is 0 Å². The topological polar surface area (TPSA) is 73.3 Å². The SMILES string of the molecule is CCOC(=O)c1c(Nc2cccc(OC)c2)nnc(-c2ccccc2)c1-c1ccccc1. The van der Waals surface area contributed by atoms with Gasteiger partial charge in [0, 0.05) is 22.9 Å². The van der Waals surface area contributed by atoms with Gasteiger partial charge in [-0.1, -0.05) is 66.7 Å². The van der Waals surface area contributed by atoms with E-state index in [2.05, 4.69) is 15.5 Å². The summed E-state index contributed by atoms with van der Waals surface area (Å²) >= 11 is 0. The van der Waals surface area contributed by atoms with Crippen molar-refractivity contribution in [1.82, 2.24) is 10.2 Å². The summed E-state index contributed by atoms with van der Waals surface area (Å²) in [5.41, 5.74) is 4.02. The summed E-state index contributed by atoms with van der Waals surface area (Å²) in [5, 5.41) is 12.1. The molecular formula is C26H23N3O3. The lowest BCUT2D eigenvalue weighted by molar-refractivity contribution is 0.0528. The van der Waals surface area contributed by atoms with Crippen molar-refractivity contribution >= 4 is 17.5 Å². The van der Waals surface area contributed by atoms with Crippen molar-refractivity contribution in [2.45, 2.75) is 6.92 Å². The fraction of sp³-hybridized carbons (Fsp3) is 0.115. The number of anilines is 2. The van der Waals surface area contributed by atoms with Crippen LogP contribution in [0.1, 0.15) is 17.3 Å². The molecule has 3 aromatic carbocycles. The van der Waals surface area contributed by atoms with Crippen LogP contribution in [0.4, 0.5) is 11.5 Å². The summed E-state index contributed by atoms with van der Waals surface area (Å²) in [6.45, 7) is 2.02. The number of hydrogen-bond donors (Lipinski definition) is 1. The molecule has 0 aliphatic rings. The van der Waals surface area contributed by atoms with Crippen molar-refractivity contribution in [1.29, 1.82) is 0 Å². The van der Waals surface area contributed by atoms with E-state index in [1.54, 1.807) is 14.0 Å². The van der Waals surface area contributed by atoms with E-state index < -0.39 is 5.97 Å². The number of carbonyl (C=O) groups is 1. The van der Waals surface area contributed by atoms with Gasteiger partial charge in [-0.05, 0) is 24.6 Å². The highest BCUT2D eigenvalue weighted by Crippen LogP contribution is 2.37. The Morgan fingerprint density at radius 3 is 2.22 bits per heavy atom. The zero-order valence-electron chi connectivity index (χ0n) is 17.9. The molecule has 0 bridgehead atoms. The number of hydrogen-bond acceptors (Lipinski definition) is 6. The molecule has 4 aromatic rings. The van der Waals surface area contributed by atoms with Crippen LogP contribution in [0.5, 0.6) is 5.75 Å². The van der Waals surface area contributed by atoms with Crippen molar-refractivity contribution in [2.75, 3.05) is 19.0 Å². The predicted octanol–water partition coefficient (Wildman–Crippen LogP) is 5.74.